The molecule has 96 valence electrons. The zero-order chi connectivity index (χ0) is 12.8. The van der Waals surface area contributed by atoms with Gasteiger partial charge in [0.25, 0.3) is 0 Å². The summed E-state index contributed by atoms with van der Waals surface area (Å²) in [6.07, 6.45) is 2.53. The summed E-state index contributed by atoms with van der Waals surface area (Å²) in [6.45, 7) is 7.83. The lowest BCUT2D eigenvalue weighted by atomic mass is 10.1. The topological polar surface area (TPSA) is 54.3 Å². The summed E-state index contributed by atoms with van der Waals surface area (Å²) in [7, 11) is 0. The Bertz CT molecular complexity index is 333. The summed E-state index contributed by atoms with van der Waals surface area (Å²) in [5, 5.41) is 6.15. The molecule has 2 unspecified atom stereocenters. The summed E-state index contributed by atoms with van der Waals surface area (Å²) < 4.78 is 5.35. The van der Waals surface area contributed by atoms with Gasteiger partial charge in [0.2, 0.25) is 5.91 Å². The molecule has 17 heavy (non-hydrogen) atoms. The van der Waals surface area contributed by atoms with Gasteiger partial charge in [-0.05, 0) is 39.3 Å². The van der Waals surface area contributed by atoms with Crippen molar-refractivity contribution in [1.82, 2.24) is 10.6 Å². The van der Waals surface area contributed by atoms with Crippen LogP contribution in [0.5, 0.6) is 0 Å². The standard InChI is InChI=1S/C13H22N2O2/c1-5-11(12-7-6-8-17-12)15-10(4)13(16)14-9(2)3/h6-11,15H,5H2,1-4H3,(H,14,16). The van der Waals surface area contributed by atoms with Gasteiger partial charge >= 0.3 is 0 Å². The molecule has 0 saturated carbocycles. The maximum absolute atomic E-state index is 11.8. The maximum Gasteiger partial charge on any atom is 0.237 e. The van der Waals surface area contributed by atoms with Crippen LogP contribution in [0.4, 0.5) is 0 Å². The Labute approximate surface area is 103 Å². The predicted molar refractivity (Wildman–Crippen MR) is 67.6 cm³/mol. The molecule has 1 heterocycles. The van der Waals surface area contributed by atoms with Crippen molar-refractivity contribution < 1.29 is 9.21 Å². The highest BCUT2D eigenvalue weighted by Gasteiger charge is 2.19. The van der Waals surface area contributed by atoms with E-state index in [4.69, 9.17) is 4.42 Å². The molecule has 0 bridgehead atoms. The molecule has 0 aliphatic carbocycles. The van der Waals surface area contributed by atoms with Crippen molar-refractivity contribution in [3.8, 4) is 0 Å². The Hall–Kier alpha value is -1.29. The smallest absolute Gasteiger partial charge is 0.237 e. The van der Waals surface area contributed by atoms with Crippen molar-refractivity contribution in [3.05, 3.63) is 24.2 Å². The number of hydrogen-bond acceptors (Lipinski definition) is 3. The van der Waals surface area contributed by atoms with E-state index in [9.17, 15) is 4.79 Å². The minimum Gasteiger partial charge on any atom is -0.468 e. The minimum atomic E-state index is -0.229. The molecule has 0 aromatic carbocycles. The fourth-order valence-electron chi connectivity index (χ4n) is 1.68. The highest BCUT2D eigenvalue weighted by Crippen LogP contribution is 2.17. The fourth-order valence-corrected chi connectivity index (χ4v) is 1.68. The third-order valence-electron chi connectivity index (χ3n) is 2.57. The van der Waals surface area contributed by atoms with E-state index in [1.165, 1.54) is 0 Å². The molecule has 2 N–H and O–H groups in total. The van der Waals surface area contributed by atoms with Gasteiger partial charge in [-0.3, -0.25) is 10.1 Å². The Morgan fingerprint density at radius 1 is 1.41 bits per heavy atom. The molecular weight excluding hydrogens is 216 g/mol. The monoisotopic (exact) mass is 238 g/mol. The lowest BCUT2D eigenvalue weighted by molar-refractivity contribution is -0.123. The third kappa shape index (κ3) is 4.23. The highest BCUT2D eigenvalue weighted by molar-refractivity contribution is 5.81. The molecule has 1 rings (SSSR count). The van der Waals surface area contributed by atoms with Gasteiger partial charge in [-0.1, -0.05) is 6.92 Å². The lowest BCUT2D eigenvalue weighted by Crippen LogP contribution is -2.45. The number of hydrogen-bond donors (Lipinski definition) is 2. The number of furan rings is 1. The molecule has 0 radical (unpaired) electrons. The van der Waals surface area contributed by atoms with Crippen molar-refractivity contribution in [3.63, 3.8) is 0 Å². The van der Waals surface area contributed by atoms with Crippen LogP contribution < -0.4 is 10.6 Å². The van der Waals surface area contributed by atoms with Crippen molar-refractivity contribution >= 4 is 5.91 Å². The van der Waals surface area contributed by atoms with Crippen LogP contribution in [0.15, 0.2) is 22.8 Å². The summed E-state index contributed by atoms with van der Waals surface area (Å²) in [6, 6.07) is 3.80. The van der Waals surface area contributed by atoms with Crippen LogP contribution in [0.3, 0.4) is 0 Å². The van der Waals surface area contributed by atoms with Crippen molar-refractivity contribution in [1.29, 1.82) is 0 Å². The van der Waals surface area contributed by atoms with Crippen LogP contribution in [-0.2, 0) is 4.79 Å². The number of carbonyl (C=O) groups is 1. The summed E-state index contributed by atoms with van der Waals surface area (Å²) in [5.41, 5.74) is 0. The van der Waals surface area contributed by atoms with E-state index in [1.807, 2.05) is 32.9 Å². The molecule has 0 aliphatic rings. The first-order valence-electron chi connectivity index (χ1n) is 6.14. The van der Waals surface area contributed by atoms with Gasteiger partial charge < -0.3 is 9.73 Å². The van der Waals surface area contributed by atoms with Crippen molar-refractivity contribution in [2.24, 2.45) is 0 Å². The Morgan fingerprint density at radius 2 is 2.12 bits per heavy atom. The molecule has 0 saturated heterocycles. The zero-order valence-corrected chi connectivity index (χ0v) is 11.0. The molecule has 1 amide bonds. The predicted octanol–water partition coefficient (Wildman–Crippen LogP) is 2.23. The highest BCUT2D eigenvalue weighted by atomic mass is 16.3. The SMILES string of the molecule is CCC(NC(C)C(=O)NC(C)C)c1ccco1. The first kappa shape index (κ1) is 13.8. The molecule has 1 aromatic heterocycles. The maximum atomic E-state index is 11.8. The lowest BCUT2D eigenvalue weighted by Gasteiger charge is -2.21. The van der Waals surface area contributed by atoms with Gasteiger partial charge in [-0.25, -0.2) is 0 Å². The van der Waals surface area contributed by atoms with E-state index in [2.05, 4.69) is 17.6 Å². The second-order valence-corrected chi connectivity index (χ2v) is 4.53. The molecule has 0 spiro atoms. The molecule has 4 heteroatoms. The number of amides is 1. The largest absolute Gasteiger partial charge is 0.468 e. The zero-order valence-electron chi connectivity index (χ0n) is 11.0. The van der Waals surface area contributed by atoms with Gasteiger partial charge in [0.15, 0.2) is 0 Å². The van der Waals surface area contributed by atoms with Crippen LogP contribution in [0.1, 0.15) is 45.9 Å². The van der Waals surface area contributed by atoms with E-state index in [1.54, 1.807) is 6.26 Å². The van der Waals surface area contributed by atoms with E-state index >= 15 is 0 Å². The first-order chi connectivity index (χ1) is 8.04. The second kappa shape index (κ2) is 6.45. The minimum absolute atomic E-state index is 0.0185. The van der Waals surface area contributed by atoms with Crippen molar-refractivity contribution in [2.45, 2.75) is 52.2 Å². The summed E-state index contributed by atoms with van der Waals surface area (Å²) in [5.74, 6) is 0.890. The van der Waals surface area contributed by atoms with Gasteiger partial charge in [-0.2, -0.15) is 0 Å². The van der Waals surface area contributed by atoms with Gasteiger partial charge in [0, 0.05) is 6.04 Å². The molecule has 1 aromatic rings. The van der Waals surface area contributed by atoms with Gasteiger partial charge in [0.05, 0.1) is 18.3 Å². The summed E-state index contributed by atoms with van der Waals surface area (Å²) in [4.78, 5) is 11.8. The van der Waals surface area contributed by atoms with E-state index in [0.717, 1.165) is 12.2 Å². The molecular formula is C13H22N2O2. The van der Waals surface area contributed by atoms with Crippen molar-refractivity contribution in [2.75, 3.05) is 0 Å². The average molecular weight is 238 g/mol. The molecule has 2 atom stereocenters. The van der Waals surface area contributed by atoms with E-state index in [0.29, 0.717) is 0 Å². The first-order valence-corrected chi connectivity index (χ1v) is 6.14. The third-order valence-corrected chi connectivity index (χ3v) is 2.57. The van der Waals surface area contributed by atoms with E-state index < -0.39 is 0 Å². The Kier molecular flexibility index (Phi) is 5.22. The van der Waals surface area contributed by atoms with Crippen LogP contribution in [-0.4, -0.2) is 18.0 Å². The van der Waals surface area contributed by atoms with Crippen LogP contribution in [0.25, 0.3) is 0 Å². The molecule has 0 aliphatic heterocycles. The van der Waals surface area contributed by atoms with Crippen LogP contribution >= 0.6 is 0 Å². The molecule has 4 nitrogen and oxygen atoms in total. The fraction of sp³-hybridized carbons (Fsp3) is 0.615. The number of carbonyl (C=O) groups excluding carboxylic acids is 1. The molecule has 0 fully saturated rings. The van der Waals surface area contributed by atoms with Crippen LogP contribution in [0.2, 0.25) is 0 Å². The Balaban J connectivity index is 2.54. The van der Waals surface area contributed by atoms with Gasteiger partial charge in [-0.15, -0.1) is 0 Å². The second-order valence-electron chi connectivity index (χ2n) is 4.53. The quantitative estimate of drug-likeness (QED) is 0.799. The number of rotatable bonds is 6. The normalized spacial score (nSPS) is 14.6. The van der Waals surface area contributed by atoms with E-state index in [-0.39, 0.29) is 24.0 Å². The van der Waals surface area contributed by atoms with Gasteiger partial charge in [0.1, 0.15) is 5.76 Å². The average Bonchev–Trinajstić information content (AvgIpc) is 2.77. The number of nitrogens with one attached hydrogen (secondary N) is 2. The Morgan fingerprint density at radius 3 is 2.59 bits per heavy atom. The van der Waals surface area contributed by atoms with Crippen LogP contribution in [0, 0.1) is 0 Å². The summed E-state index contributed by atoms with van der Waals surface area (Å²) >= 11 is 0.